The average Bonchev–Trinajstić information content (AvgIpc) is 3.33. The molecule has 5 rings (SSSR count). The zero-order valence-corrected chi connectivity index (χ0v) is 17.2. The van der Waals surface area contributed by atoms with Gasteiger partial charge in [-0.05, 0) is 43.9 Å². The number of nitrogens with zero attached hydrogens (tertiary/aromatic N) is 6. The fourth-order valence-electron chi connectivity index (χ4n) is 4.78. The van der Waals surface area contributed by atoms with Crippen molar-refractivity contribution in [2.24, 2.45) is 0 Å². The molecule has 0 unspecified atom stereocenters. The van der Waals surface area contributed by atoms with Gasteiger partial charge in [0.15, 0.2) is 0 Å². The van der Waals surface area contributed by atoms with E-state index in [2.05, 4.69) is 36.9 Å². The second-order valence-electron chi connectivity index (χ2n) is 8.35. The first-order chi connectivity index (χ1) is 14.8. The van der Waals surface area contributed by atoms with Gasteiger partial charge in [0.25, 0.3) is 0 Å². The van der Waals surface area contributed by atoms with Gasteiger partial charge in [0.2, 0.25) is 5.95 Å². The van der Waals surface area contributed by atoms with Crippen molar-refractivity contribution in [3.63, 3.8) is 0 Å². The maximum absolute atomic E-state index is 9.59. The molecule has 0 aromatic carbocycles. The quantitative estimate of drug-likeness (QED) is 0.667. The first kappa shape index (κ1) is 18.9. The van der Waals surface area contributed by atoms with Gasteiger partial charge in [0, 0.05) is 30.7 Å². The zero-order valence-electron chi connectivity index (χ0n) is 17.2. The molecule has 1 aliphatic carbocycles. The maximum Gasteiger partial charge on any atom is 0.230 e. The lowest BCUT2D eigenvalue weighted by Crippen LogP contribution is -2.23. The lowest BCUT2D eigenvalue weighted by Gasteiger charge is -2.22. The summed E-state index contributed by atoms with van der Waals surface area (Å²) in [6.07, 6.45) is 13.5. The van der Waals surface area contributed by atoms with Crippen molar-refractivity contribution in [2.45, 2.75) is 57.4 Å². The van der Waals surface area contributed by atoms with Crippen LogP contribution >= 0.6 is 0 Å². The van der Waals surface area contributed by atoms with Gasteiger partial charge in [-0.25, -0.2) is 9.97 Å². The summed E-state index contributed by atoms with van der Waals surface area (Å²) in [6, 6.07) is 8.69. The Hall–Kier alpha value is -3.14. The number of nitrogens with one attached hydrogen (secondary N) is 1. The summed E-state index contributed by atoms with van der Waals surface area (Å²) in [5, 5.41) is 13.7. The first-order valence-corrected chi connectivity index (χ1v) is 11.1. The lowest BCUT2D eigenvalue weighted by atomic mass is 10.2. The molecular formula is C23H27N7. The maximum atomic E-state index is 9.59. The lowest BCUT2D eigenvalue weighted by molar-refractivity contribution is 0.528. The van der Waals surface area contributed by atoms with E-state index in [1.54, 1.807) is 6.20 Å². The van der Waals surface area contributed by atoms with Crippen LogP contribution in [0.2, 0.25) is 0 Å². The fraction of sp³-hybridized carbons (Fsp3) is 0.478. The second kappa shape index (κ2) is 8.31. The van der Waals surface area contributed by atoms with Crippen LogP contribution in [-0.2, 0) is 0 Å². The van der Waals surface area contributed by atoms with Gasteiger partial charge < -0.3 is 14.8 Å². The van der Waals surface area contributed by atoms with Crippen LogP contribution in [0, 0.1) is 11.3 Å². The van der Waals surface area contributed by atoms with Crippen molar-refractivity contribution < 1.29 is 0 Å². The smallest absolute Gasteiger partial charge is 0.230 e. The van der Waals surface area contributed by atoms with Crippen LogP contribution in [0.5, 0.6) is 0 Å². The molecule has 0 atom stereocenters. The highest BCUT2D eigenvalue weighted by Gasteiger charge is 2.23. The van der Waals surface area contributed by atoms with E-state index in [-0.39, 0.29) is 0 Å². The van der Waals surface area contributed by atoms with Gasteiger partial charge >= 0.3 is 0 Å². The van der Waals surface area contributed by atoms with Crippen LogP contribution in [-0.4, -0.2) is 32.6 Å². The number of nitriles is 1. The van der Waals surface area contributed by atoms with Gasteiger partial charge in [0.1, 0.15) is 23.2 Å². The van der Waals surface area contributed by atoms with Crippen LogP contribution in [0.4, 0.5) is 17.5 Å². The molecule has 0 amide bonds. The molecule has 7 heteroatoms. The number of anilines is 3. The molecule has 30 heavy (non-hydrogen) atoms. The van der Waals surface area contributed by atoms with E-state index in [0.29, 0.717) is 17.7 Å². The van der Waals surface area contributed by atoms with E-state index < -0.39 is 0 Å². The number of fused-ring (bicyclic) bond motifs is 1. The summed E-state index contributed by atoms with van der Waals surface area (Å²) in [5.41, 5.74) is 2.67. The third-order valence-electron chi connectivity index (χ3n) is 6.34. The van der Waals surface area contributed by atoms with Crippen molar-refractivity contribution in [3.8, 4) is 6.07 Å². The standard InChI is InChI=1S/C23H27N7/c24-14-20-13-17-15-26-23(28-22(17)30(20)18-7-3-4-8-18)27-21-10-9-19(16-25-21)29-11-5-1-2-6-12-29/h9-10,13,15-16,18H,1-8,11-12H2,(H,25,26,27,28). The summed E-state index contributed by atoms with van der Waals surface area (Å²) in [7, 11) is 0. The second-order valence-corrected chi connectivity index (χ2v) is 8.35. The van der Waals surface area contributed by atoms with E-state index >= 15 is 0 Å². The predicted molar refractivity (Wildman–Crippen MR) is 118 cm³/mol. The Morgan fingerprint density at radius 2 is 1.77 bits per heavy atom. The minimum atomic E-state index is 0.353. The van der Waals surface area contributed by atoms with Crippen LogP contribution in [0.1, 0.15) is 63.1 Å². The summed E-state index contributed by atoms with van der Waals surface area (Å²) in [5.74, 6) is 1.24. The molecule has 0 bridgehead atoms. The SMILES string of the molecule is N#Cc1cc2cnc(Nc3ccc(N4CCCCCC4)cn3)nc2n1C1CCCC1. The molecule has 3 aromatic heterocycles. The van der Waals surface area contributed by atoms with Crippen LogP contribution in [0.15, 0.2) is 30.6 Å². The van der Waals surface area contributed by atoms with Crippen molar-refractivity contribution in [1.29, 1.82) is 5.26 Å². The van der Waals surface area contributed by atoms with E-state index in [1.807, 2.05) is 18.3 Å². The zero-order chi connectivity index (χ0) is 20.3. The van der Waals surface area contributed by atoms with Crippen LogP contribution < -0.4 is 10.2 Å². The Morgan fingerprint density at radius 1 is 0.967 bits per heavy atom. The number of hydrogen-bond acceptors (Lipinski definition) is 6. The minimum Gasteiger partial charge on any atom is -0.370 e. The molecule has 1 aliphatic heterocycles. The number of aromatic nitrogens is 4. The monoisotopic (exact) mass is 401 g/mol. The van der Waals surface area contributed by atoms with Gasteiger partial charge in [-0.1, -0.05) is 25.7 Å². The van der Waals surface area contributed by atoms with E-state index in [4.69, 9.17) is 4.98 Å². The minimum absolute atomic E-state index is 0.353. The highest BCUT2D eigenvalue weighted by atomic mass is 15.2. The molecule has 0 spiro atoms. The van der Waals surface area contributed by atoms with E-state index in [1.165, 1.54) is 44.2 Å². The van der Waals surface area contributed by atoms with Crippen molar-refractivity contribution in [1.82, 2.24) is 19.5 Å². The topological polar surface area (TPSA) is 82.7 Å². The molecule has 3 aromatic rings. The Kier molecular flexibility index (Phi) is 5.22. The van der Waals surface area contributed by atoms with Gasteiger partial charge in [0.05, 0.1) is 11.9 Å². The molecule has 1 saturated carbocycles. The molecule has 7 nitrogen and oxygen atoms in total. The fourth-order valence-corrected chi connectivity index (χ4v) is 4.78. The third kappa shape index (κ3) is 3.70. The van der Waals surface area contributed by atoms with Crippen LogP contribution in [0.3, 0.4) is 0 Å². The van der Waals surface area contributed by atoms with Gasteiger partial charge in [-0.15, -0.1) is 0 Å². The van der Waals surface area contributed by atoms with Gasteiger partial charge in [-0.3, -0.25) is 0 Å². The average molecular weight is 402 g/mol. The largest absolute Gasteiger partial charge is 0.370 e. The summed E-state index contributed by atoms with van der Waals surface area (Å²) < 4.78 is 2.10. The van der Waals surface area contributed by atoms with Crippen molar-refractivity contribution in [3.05, 3.63) is 36.3 Å². The molecule has 2 aliphatic rings. The third-order valence-corrected chi connectivity index (χ3v) is 6.34. The Bertz CT molecular complexity index is 1050. The molecule has 154 valence electrons. The molecule has 2 fully saturated rings. The van der Waals surface area contributed by atoms with Crippen molar-refractivity contribution in [2.75, 3.05) is 23.3 Å². The predicted octanol–water partition coefficient (Wildman–Crippen LogP) is 4.94. The molecule has 1 N–H and O–H groups in total. The van der Waals surface area contributed by atoms with Crippen LogP contribution in [0.25, 0.3) is 11.0 Å². The molecule has 0 radical (unpaired) electrons. The van der Waals surface area contributed by atoms with E-state index in [0.717, 1.165) is 42.8 Å². The highest BCUT2D eigenvalue weighted by Crippen LogP contribution is 2.34. The molecule has 4 heterocycles. The van der Waals surface area contributed by atoms with Crippen molar-refractivity contribution >= 4 is 28.5 Å². The van der Waals surface area contributed by atoms with Gasteiger partial charge in [-0.2, -0.15) is 10.2 Å². The highest BCUT2D eigenvalue weighted by molar-refractivity contribution is 5.79. The Labute approximate surface area is 176 Å². The first-order valence-electron chi connectivity index (χ1n) is 11.1. The van der Waals surface area contributed by atoms with E-state index in [9.17, 15) is 5.26 Å². The number of pyridine rings is 1. The number of rotatable bonds is 4. The molecular weight excluding hydrogens is 374 g/mol. The molecule has 1 saturated heterocycles. The Balaban J connectivity index is 1.38. The summed E-state index contributed by atoms with van der Waals surface area (Å²) >= 11 is 0. The summed E-state index contributed by atoms with van der Waals surface area (Å²) in [6.45, 7) is 2.21. The Morgan fingerprint density at radius 3 is 2.47 bits per heavy atom. The summed E-state index contributed by atoms with van der Waals surface area (Å²) in [4.78, 5) is 16.2. The normalized spacial score (nSPS) is 17.8. The number of hydrogen-bond donors (Lipinski definition) is 1.